The van der Waals surface area contributed by atoms with E-state index < -0.39 is 4.87 Å². The van der Waals surface area contributed by atoms with Crippen LogP contribution < -0.4 is 10.6 Å². The molecule has 0 aliphatic carbocycles. The molecule has 2 amide bonds. The lowest BCUT2D eigenvalue weighted by atomic mass is 9.96. The molecule has 0 aromatic heterocycles. The molecule has 0 aliphatic rings. The lowest BCUT2D eigenvalue weighted by Gasteiger charge is -2.23. The van der Waals surface area contributed by atoms with Gasteiger partial charge < -0.3 is 10.6 Å². The number of nitrogens with one attached hydrogen (secondary N) is 2. The number of hydrogen-bond donors (Lipinski definition) is 2. The van der Waals surface area contributed by atoms with Crippen molar-refractivity contribution in [2.75, 3.05) is 53.8 Å². The van der Waals surface area contributed by atoms with Crippen molar-refractivity contribution < 1.29 is 23.0 Å². The second-order valence-electron chi connectivity index (χ2n) is 8.65. The largest absolute Gasteiger partial charge is 0.356 e. The summed E-state index contributed by atoms with van der Waals surface area (Å²) in [6, 6.07) is 0. The van der Waals surface area contributed by atoms with Gasteiger partial charge in [0.2, 0.25) is 16.7 Å². The molecule has 1 unspecified atom stereocenters. The van der Waals surface area contributed by atoms with E-state index in [1.54, 1.807) is 4.58 Å². The van der Waals surface area contributed by atoms with Gasteiger partial charge in [-0.05, 0) is 30.9 Å². The summed E-state index contributed by atoms with van der Waals surface area (Å²) < 4.78 is 8.41. The molecule has 0 heterocycles. The SMILES string of the molecule is C[N+](C)=C(Cl)C(Cl)(CCOCl)C(CCNC(=O)CCCCCCCC(=O)NCCCCl)=[N+](C)C. The van der Waals surface area contributed by atoms with Crippen LogP contribution in [0, 0.1) is 0 Å². The highest BCUT2D eigenvalue weighted by Gasteiger charge is 2.47. The minimum atomic E-state index is -0.977. The summed E-state index contributed by atoms with van der Waals surface area (Å²) in [4.78, 5) is 22.9. The van der Waals surface area contributed by atoms with Gasteiger partial charge in [0.05, 0.1) is 18.5 Å². The van der Waals surface area contributed by atoms with Crippen LogP contribution in [0.25, 0.3) is 0 Å². The van der Waals surface area contributed by atoms with Crippen molar-refractivity contribution in [1.82, 2.24) is 10.6 Å². The molecule has 0 bridgehead atoms. The molecule has 34 heavy (non-hydrogen) atoms. The molecule has 0 radical (unpaired) electrons. The summed E-state index contributed by atoms with van der Waals surface area (Å²) in [5, 5.41) is 6.29. The van der Waals surface area contributed by atoms with Crippen molar-refractivity contribution in [3.8, 4) is 0 Å². The summed E-state index contributed by atoms with van der Waals surface area (Å²) in [6.07, 6.45) is 7.40. The van der Waals surface area contributed by atoms with Gasteiger partial charge in [-0.3, -0.25) is 13.9 Å². The quantitative estimate of drug-likeness (QED) is 0.107. The summed E-state index contributed by atoms with van der Waals surface area (Å²) in [6.45, 7) is 1.33. The Kier molecular flexibility index (Phi) is 19.2. The normalized spacial score (nSPS) is 12.6. The maximum atomic E-state index is 12.3. The topological polar surface area (TPSA) is 73.5 Å². The number of carbonyl (C=O) groups excluding carboxylic acids is 2. The molecule has 0 fully saturated rings. The zero-order valence-corrected chi connectivity index (χ0v) is 24.1. The van der Waals surface area contributed by atoms with Crippen LogP contribution >= 0.6 is 46.7 Å². The zero-order chi connectivity index (χ0) is 26.0. The first-order valence-corrected chi connectivity index (χ1v) is 13.5. The predicted molar refractivity (Wildman–Crippen MR) is 143 cm³/mol. The Bertz CT molecular complexity index is 681. The molecule has 0 aromatic rings. The Morgan fingerprint density at radius 2 is 1.35 bits per heavy atom. The van der Waals surface area contributed by atoms with Gasteiger partial charge in [0, 0.05) is 44.7 Å². The molecule has 0 saturated heterocycles. The van der Waals surface area contributed by atoms with E-state index in [0.29, 0.717) is 49.8 Å². The molecule has 0 aliphatic heterocycles. The van der Waals surface area contributed by atoms with Crippen molar-refractivity contribution in [2.24, 2.45) is 0 Å². The Hall–Kier alpha value is -0.600. The van der Waals surface area contributed by atoms with E-state index in [9.17, 15) is 9.59 Å². The second kappa shape index (κ2) is 19.6. The minimum absolute atomic E-state index is 0.0173. The molecule has 0 rings (SSSR count). The van der Waals surface area contributed by atoms with E-state index in [-0.39, 0.29) is 18.4 Å². The summed E-state index contributed by atoms with van der Waals surface area (Å²) >= 11 is 24.5. The van der Waals surface area contributed by atoms with Crippen LogP contribution in [0.3, 0.4) is 0 Å². The molecule has 2 N–H and O–H groups in total. The van der Waals surface area contributed by atoms with E-state index in [4.69, 9.17) is 51.0 Å². The number of hydrogen-bond acceptors (Lipinski definition) is 3. The molecular formula is C23H42Cl4N4O3+2. The van der Waals surface area contributed by atoms with Gasteiger partial charge in [-0.2, -0.15) is 0 Å². The third kappa shape index (κ3) is 14.1. The lowest BCUT2D eigenvalue weighted by molar-refractivity contribution is -0.472. The average Bonchev–Trinajstić information content (AvgIpc) is 2.78. The van der Waals surface area contributed by atoms with E-state index in [1.165, 1.54) is 0 Å². The molecule has 0 spiro atoms. The van der Waals surface area contributed by atoms with Gasteiger partial charge in [0.1, 0.15) is 28.2 Å². The second-order valence-corrected chi connectivity index (χ2v) is 10.3. The molecule has 0 aromatic carbocycles. The van der Waals surface area contributed by atoms with Crippen molar-refractivity contribution in [2.45, 2.75) is 69.1 Å². The Morgan fingerprint density at radius 1 is 0.824 bits per heavy atom. The van der Waals surface area contributed by atoms with Crippen LogP contribution in [0.1, 0.15) is 64.2 Å². The van der Waals surface area contributed by atoms with Gasteiger partial charge in [-0.25, -0.2) is 9.15 Å². The predicted octanol–water partition coefficient (Wildman–Crippen LogP) is 4.13. The van der Waals surface area contributed by atoms with Crippen LogP contribution in [0.4, 0.5) is 0 Å². The fourth-order valence-electron chi connectivity index (χ4n) is 3.57. The highest BCUT2D eigenvalue weighted by molar-refractivity contribution is 6.74. The Morgan fingerprint density at radius 3 is 1.82 bits per heavy atom. The summed E-state index contributed by atoms with van der Waals surface area (Å²) in [7, 11) is 7.46. The van der Waals surface area contributed by atoms with Gasteiger partial charge in [0.15, 0.2) is 5.71 Å². The molecule has 7 nitrogen and oxygen atoms in total. The van der Waals surface area contributed by atoms with Crippen molar-refractivity contribution in [1.29, 1.82) is 0 Å². The van der Waals surface area contributed by atoms with Crippen LogP contribution in [0.2, 0.25) is 0 Å². The van der Waals surface area contributed by atoms with Gasteiger partial charge in [-0.1, -0.05) is 30.9 Å². The number of carbonyl (C=O) groups is 2. The van der Waals surface area contributed by atoms with E-state index in [1.807, 2.05) is 32.8 Å². The minimum Gasteiger partial charge on any atom is -0.356 e. The summed E-state index contributed by atoms with van der Waals surface area (Å²) in [5.41, 5.74) is 0.869. The van der Waals surface area contributed by atoms with E-state index in [2.05, 4.69) is 10.6 Å². The monoisotopic (exact) mass is 562 g/mol. The summed E-state index contributed by atoms with van der Waals surface area (Å²) in [5.74, 6) is 0.659. The van der Waals surface area contributed by atoms with E-state index >= 15 is 0 Å². The molecular weight excluding hydrogens is 522 g/mol. The first-order valence-electron chi connectivity index (χ1n) is 11.9. The Labute approximate surface area is 225 Å². The van der Waals surface area contributed by atoms with Crippen molar-refractivity contribution in [3.05, 3.63) is 0 Å². The molecule has 11 heteroatoms. The van der Waals surface area contributed by atoms with Crippen molar-refractivity contribution >= 4 is 69.4 Å². The van der Waals surface area contributed by atoms with Gasteiger partial charge >= 0.3 is 0 Å². The third-order valence-electron chi connectivity index (χ3n) is 5.36. The first kappa shape index (κ1) is 33.4. The fourth-order valence-corrected chi connectivity index (χ4v) is 4.49. The van der Waals surface area contributed by atoms with E-state index in [0.717, 1.165) is 44.2 Å². The molecule has 0 saturated carbocycles. The first-order chi connectivity index (χ1) is 16.1. The highest BCUT2D eigenvalue weighted by Crippen LogP contribution is 2.28. The maximum Gasteiger partial charge on any atom is 0.276 e. The average molecular weight is 564 g/mol. The van der Waals surface area contributed by atoms with Crippen molar-refractivity contribution in [3.63, 3.8) is 0 Å². The van der Waals surface area contributed by atoms with Crippen LogP contribution in [-0.4, -0.2) is 90.5 Å². The number of alkyl halides is 2. The third-order valence-corrected chi connectivity index (χ3v) is 7.13. The number of nitrogens with zero attached hydrogens (tertiary/aromatic N) is 2. The number of halogens is 4. The zero-order valence-electron chi connectivity index (χ0n) is 21.0. The van der Waals surface area contributed by atoms with Crippen LogP contribution in [0.5, 0.6) is 0 Å². The maximum absolute atomic E-state index is 12.3. The van der Waals surface area contributed by atoms with Crippen LogP contribution in [0.15, 0.2) is 0 Å². The lowest BCUT2D eigenvalue weighted by Crippen LogP contribution is -2.47. The molecule has 1 atom stereocenters. The number of rotatable bonds is 19. The fraction of sp³-hybridized carbons (Fsp3) is 0.826. The highest BCUT2D eigenvalue weighted by atomic mass is 35.5. The van der Waals surface area contributed by atoms with Gasteiger partial charge in [0.25, 0.3) is 5.17 Å². The van der Waals surface area contributed by atoms with Crippen LogP contribution in [-0.2, 0) is 13.9 Å². The Balaban J connectivity index is 4.36. The van der Waals surface area contributed by atoms with Gasteiger partial charge in [-0.15, -0.1) is 11.6 Å². The molecule has 198 valence electrons. The smallest absolute Gasteiger partial charge is 0.276 e. The number of unbranched alkanes of at least 4 members (excludes halogenated alkanes) is 4. The standard InChI is InChI=1S/C23H40Cl4N4O3/c1-30(2)19(23(26,14-18-34-27)22(25)31(3)4)13-17-29-21(33)12-9-7-5-6-8-11-20(32)28-16-10-15-24/h5-18H2,1-4H3/p+2. The number of amides is 2.